The number of aliphatic imine (C=N–C) groups is 1. The van der Waals surface area contributed by atoms with Gasteiger partial charge in [-0.25, -0.2) is 4.99 Å². The van der Waals surface area contributed by atoms with Gasteiger partial charge in [-0.15, -0.1) is 0 Å². The summed E-state index contributed by atoms with van der Waals surface area (Å²) in [4.78, 5) is 4.09. The Balaban J connectivity index is 1.90. The first-order valence-electron chi connectivity index (χ1n) is 9.05. The second-order valence-corrected chi connectivity index (χ2v) is 6.57. The summed E-state index contributed by atoms with van der Waals surface area (Å²) in [5.74, 6) is 0. The highest BCUT2D eigenvalue weighted by atomic mass is 19.4. The number of hydrogen-bond donors (Lipinski definition) is 0. The number of nitrogens with zero attached hydrogens (tertiary/aromatic N) is 2. The van der Waals surface area contributed by atoms with E-state index in [0.717, 1.165) is 6.07 Å². The van der Waals surface area contributed by atoms with Gasteiger partial charge < -0.3 is 4.48 Å². The molecule has 1 aromatic heterocycles. The van der Waals surface area contributed by atoms with Crippen molar-refractivity contribution >= 4 is 18.7 Å². The van der Waals surface area contributed by atoms with Crippen LogP contribution in [0.5, 0.6) is 0 Å². The van der Waals surface area contributed by atoms with Crippen molar-refractivity contribution < 1.29 is 21.8 Å². The maximum absolute atomic E-state index is 14.0. The van der Waals surface area contributed by atoms with Crippen molar-refractivity contribution in [2.24, 2.45) is 4.99 Å². The van der Waals surface area contributed by atoms with Gasteiger partial charge in [-0.2, -0.15) is 13.2 Å². The number of alkyl halides is 3. The van der Waals surface area contributed by atoms with E-state index in [1.54, 1.807) is 60.7 Å². The summed E-state index contributed by atoms with van der Waals surface area (Å²) in [5, 5.41) is 0. The Bertz CT molecular complexity index is 1140. The predicted octanol–water partition coefficient (Wildman–Crippen LogP) is 6.26. The Labute approximate surface area is 169 Å². The monoisotopic (exact) mass is 412 g/mol. The topological polar surface area (TPSA) is 17.3 Å². The van der Waals surface area contributed by atoms with Crippen LogP contribution in [0.1, 0.15) is 11.3 Å². The zero-order valence-electron chi connectivity index (χ0n) is 15.4. The molecule has 2 aromatic carbocycles. The highest BCUT2D eigenvalue weighted by Crippen LogP contribution is 2.41. The number of aromatic nitrogens is 1. The van der Waals surface area contributed by atoms with Crippen molar-refractivity contribution in [2.75, 3.05) is 0 Å². The van der Waals surface area contributed by atoms with Crippen LogP contribution in [0, 0.1) is 0 Å². The SMILES string of the molecule is FB(F)n1c(/C(=C2/C=CC(c3ccccc3)=N2)C(F)(F)F)ccc1-c1ccccc1. The van der Waals surface area contributed by atoms with E-state index in [0.29, 0.717) is 21.3 Å². The molecular weight excluding hydrogens is 398 g/mol. The number of rotatable bonds is 4. The molecule has 150 valence electrons. The molecule has 0 amide bonds. The predicted molar refractivity (Wildman–Crippen MR) is 108 cm³/mol. The first-order valence-corrected chi connectivity index (χ1v) is 9.05. The molecule has 0 saturated carbocycles. The third kappa shape index (κ3) is 3.73. The van der Waals surface area contributed by atoms with Crippen LogP contribution in [0.15, 0.2) is 95.6 Å². The zero-order valence-corrected chi connectivity index (χ0v) is 15.4. The van der Waals surface area contributed by atoms with Crippen molar-refractivity contribution in [3.8, 4) is 11.3 Å². The second kappa shape index (κ2) is 7.78. The quantitative estimate of drug-likeness (QED) is 0.356. The largest absolute Gasteiger partial charge is 0.678 e. The fraction of sp³-hybridized carbons (Fsp3) is 0.0455. The van der Waals surface area contributed by atoms with Gasteiger partial charge in [0.15, 0.2) is 0 Å². The summed E-state index contributed by atoms with van der Waals surface area (Å²) in [7, 11) is -3.16. The summed E-state index contributed by atoms with van der Waals surface area (Å²) in [6.45, 7) is 0. The van der Waals surface area contributed by atoms with E-state index in [1.807, 2.05) is 0 Å². The standard InChI is InChI=1S/C22H14BF5N2/c24-22(25,26)21(18-12-11-17(29-18)15-7-3-1-4-8-15)20-14-13-19(30(20)23(27)28)16-9-5-2-6-10-16/h1-14H/b21-18+. The first-order chi connectivity index (χ1) is 14.4. The third-order valence-electron chi connectivity index (χ3n) is 4.69. The van der Waals surface area contributed by atoms with Gasteiger partial charge >= 0.3 is 13.6 Å². The van der Waals surface area contributed by atoms with Gasteiger partial charge in [0.2, 0.25) is 0 Å². The normalized spacial score (nSPS) is 15.3. The Morgan fingerprint density at radius 1 is 0.767 bits per heavy atom. The average molecular weight is 412 g/mol. The molecular formula is C22H14BF5N2. The Morgan fingerprint density at radius 2 is 1.37 bits per heavy atom. The van der Waals surface area contributed by atoms with Gasteiger partial charge in [0.25, 0.3) is 0 Å². The highest BCUT2D eigenvalue weighted by molar-refractivity contribution is 6.42. The van der Waals surface area contributed by atoms with E-state index in [4.69, 9.17) is 0 Å². The molecule has 0 bridgehead atoms. The second-order valence-electron chi connectivity index (χ2n) is 6.57. The molecule has 2 heterocycles. The van der Waals surface area contributed by atoms with E-state index in [9.17, 15) is 21.8 Å². The minimum atomic E-state index is -4.88. The number of allylic oxidation sites excluding steroid dienone is 3. The van der Waals surface area contributed by atoms with Crippen LogP contribution in [0.25, 0.3) is 16.8 Å². The van der Waals surface area contributed by atoms with Gasteiger partial charge in [0, 0.05) is 17.0 Å². The van der Waals surface area contributed by atoms with E-state index in [1.165, 1.54) is 18.2 Å². The van der Waals surface area contributed by atoms with Crippen LogP contribution in [-0.4, -0.2) is 23.8 Å². The fourth-order valence-corrected chi connectivity index (χ4v) is 3.40. The van der Waals surface area contributed by atoms with Crippen LogP contribution < -0.4 is 0 Å². The van der Waals surface area contributed by atoms with Crippen molar-refractivity contribution in [1.82, 2.24) is 4.48 Å². The first kappa shape index (κ1) is 19.9. The minimum absolute atomic E-state index is 0.00260. The molecule has 0 N–H and O–H groups in total. The number of hydrogen-bond acceptors (Lipinski definition) is 1. The van der Waals surface area contributed by atoms with Crippen LogP contribution >= 0.6 is 0 Å². The molecule has 0 atom stereocenters. The van der Waals surface area contributed by atoms with Crippen molar-refractivity contribution in [3.63, 3.8) is 0 Å². The van der Waals surface area contributed by atoms with E-state index in [-0.39, 0.29) is 5.69 Å². The lowest BCUT2D eigenvalue weighted by atomic mass is 10.1. The molecule has 4 rings (SSSR count). The lowest BCUT2D eigenvalue weighted by Crippen LogP contribution is -2.22. The molecule has 0 unspecified atom stereocenters. The lowest BCUT2D eigenvalue weighted by molar-refractivity contribution is -0.0696. The smallest absolute Gasteiger partial charge is 0.325 e. The maximum atomic E-state index is 14.0. The lowest BCUT2D eigenvalue weighted by Gasteiger charge is -2.17. The molecule has 2 nitrogen and oxygen atoms in total. The number of benzene rings is 2. The number of halogens is 5. The molecule has 0 aliphatic carbocycles. The Kier molecular flexibility index (Phi) is 5.16. The van der Waals surface area contributed by atoms with Crippen LogP contribution in [-0.2, 0) is 0 Å². The fourth-order valence-electron chi connectivity index (χ4n) is 3.40. The highest BCUT2D eigenvalue weighted by Gasteiger charge is 2.41. The van der Waals surface area contributed by atoms with Gasteiger partial charge in [-0.3, -0.25) is 8.63 Å². The zero-order chi connectivity index (χ0) is 21.3. The summed E-state index contributed by atoms with van der Waals surface area (Å²) < 4.78 is 70.3. The molecule has 3 aromatic rings. The summed E-state index contributed by atoms with van der Waals surface area (Å²) in [6.07, 6.45) is -2.23. The molecule has 8 heteroatoms. The third-order valence-corrected chi connectivity index (χ3v) is 4.69. The van der Waals surface area contributed by atoms with Crippen molar-refractivity contribution in [3.05, 3.63) is 102 Å². The average Bonchev–Trinajstić information content (AvgIpc) is 3.36. The van der Waals surface area contributed by atoms with Crippen LogP contribution in [0.2, 0.25) is 0 Å². The maximum Gasteiger partial charge on any atom is 0.678 e. The van der Waals surface area contributed by atoms with Gasteiger partial charge in [0.05, 0.1) is 11.4 Å². The Morgan fingerprint density at radius 3 is 1.93 bits per heavy atom. The van der Waals surface area contributed by atoms with Gasteiger partial charge in [0.1, 0.15) is 5.57 Å². The van der Waals surface area contributed by atoms with E-state index >= 15 is 0 Å². The molecule has 0 fully saturated rings. The summed E-state index contributed by atoms with van der Waals surface area (Å²) in [6, 6.07) is 19.1. The minimum Gasteiger partial charge on any atom is -0.325 e. The molecule has 0 radical (unpaired) electrons. The van der Waals surface area contributed by atoms with Crippen LogP contribution in [0.3, 0.4) is 0 Å². The molecule has 1 aliphatic heterocycles. The van der Waals surface area contributed by atoms with Crippen molar-refractivity contribution in [1.29, 1.82) is 0 Å². The molecule has 1 aliphatic rings. The van der Waals surface area contributed by atoms with Crippen molar-refractivity contribution in [2.45, 2.75) is 6.18 Å². The summed E-state index contributed by atoms with van der Waals surface area (Å²) >= 11 is 0. The van der Waals surface area contributed by atoms with Gasteiger partial charge in [-0.1, -0.05) is 60.7 Å². The summed E-state index contributed by atoms with van der Waals surface area (Å²) in [5.41, 5.74) is -0.865. The Hall–Kier alpha value is -3.42. The molecule has 0 saturated heterocycles. The molecule has 30 heavy (non-hydrogen) atoms. The molecule has 0 spiro atoms. The van der Waals surface area contributed by atoms with E-state index < -0.39 is 30.5 Å². The van der Waals surface area contributed by atoms with Gasteiger partial charge in [-0.05, 0) is 29.8 Å². The van der Waals surface area contributed by atoms with Crippen LogP contribution in [0.4, 0.5) is 21.8 Å². The van der Waals surface area contributed by atoms with E-state index in [2.05, 4.69) is 4.99 Å².